The van der Waals surface area contributed by atoms with Gasteiger partial charge in [-0.2, -0.15) is 0 Å². The van der Waals surface area contributed by atoms with Gasteiger partial charge in [0.25, 0.3) is 0 Å². The largest absolute Gasteiger partial charge is 0.383 e. The monoisotopic (exact) mass is 581 g/mol. The van der Waals surface area contributed by atoms with Gasteiger partial charge in [-0.3, -0.25) is 4.72 Å². The van der Waals surface area contributed by atoms with Crippen LogP contribution in [0.25, 0.3) is 22.2 Å². The number of anilines is 2. The molecule has 1 aliphatic rings. The third kappa shape index (κ3) is 4.72. The van der Waals surface area contributed by atoms with Crippen molar-refractivity contribution in [3.63, 3.8) is 0 Å². The minimum atomic E-state index is -3.74. The maximum Gasteiger partial charge on any atom is 0.207 e. The molecule has 12 heteroatoms. The van der Waals surface area contributed by atoms with E-state index in [9.17, 15) is 12.6 Å². The Morgan fingerprint density at radius 2 is 1.82 bits per heavy atom. The predicted octanol–water partition coefficient (Wildman–Crippen LogP) is 5.96. The van der Waals surface area contributed by atoms with Crippen LogP contribution in [0.15, 0.2) is 86.5 Å². The number of nitrogen functional groups attached to an aromatic ring is 1. The van der Waals surface area contributed by atoms with Crippen molar-refractivity contribution >= 4 is 54.7 Å². The van der Waals surface area contributed by atoms with E-state index in [0.29, 0.717) is 22.8 Å². The van der Waals surface area contributed by atoms with Crippen LogP contribution in [-0.4, -0.2) is 27.2 Å². The van der Waals surface area contributed by atoms with E-state index in [2.05, 4.69) is 19.3 Å². The smallest absolute Gasteiger partial charge is 0.207 e. The van der Waals surface area contributed by atoms with Crippen LogP contribution in [0, 0.1) is 5.82 Å². The van der Waals surface area contributed by atoms with E-state index in [0.717, 1.165) is 48.2 Å². The fourth-order valence-corrected chi connectivity index (χ4v) is 8.65. The van der Waals surface area contributed by atoms with E-state index >= 15 is 4.39 Å². The molecule has 1 fully saturated rings. The summed E-state index contributed by atoms with van der Waals surface area (Å²) in [5.41, 5.74) is 8.31. The molecule has 39 heavy (non-hydrogen) atoms. The maximum absolute atomic E-state index is 15.3. The Hall–Kier alpha value is -3.61. The van der Waals surface area contributed by atoms with Crippen molar-refractivity contribution in [1.29, 1.82) is 0 Å². The molecule has 200 valence electrons. The second-order valence-electron chi connectivity index (χ2n) is 9.33. The Morgan fingerprint density at radius 1 is 1.05 bits per heavy atom. The summed E-state index contributed by atoms with van der Waals surface area (Å²) in [7, 11) is -5.61. The zero-order chi connectivity index (χ0) is 27.1. The Bertz CT molecular complexity index is 1810. The van der Waals surface area contributed by atoms with E-state index in [1.54, 1.807) is 24.3 Å². The van der Waals surface area contributed by atoms with Gasteiger partial charge in [0.05, 0.1) is 20.9 Å². The minimum Gasteiger partial charge on any atom is -0.383 e. The zero-order valence-corrected chi connectivity index (χ0v) is 23.0. The number of benzene rings is 2. The maximum atomic E-state index is 15.3. The molecule has 0 radical (unpaired) electrons. The standard InChI is InChI=1S/C27H24FN5O3S3/c28-22-12-17(21-14-33(18-6-4-5-7-18)27-25(21)26(29)30-16-31-27)10-11-23(22)32-38(34)24-13-20(15-37-24)39(35,36)19-8-2-1-3-9-19/h1-3,8-16,18,32H,4-7H2,(H2,29,30,31). The number of hydrogen-bond acceptors (Lipinski definition) is 7. The predicted molar refractivity (Wildman–Crippen MR) is 151 cm³/mol. The average Bonchev–Trinajstić information content (AvgIpc) is 3.70. The molecule has 1 saturated carbocycles. The summed E-state index contributed by atoms with van der Waals surface area (Å²) in [6, 6.07) is 14.3. The van der Waals surface area contributed by atoms with Crippen molar-refractivity contribution in [3.05, 3.63) is 78.3 Å². The highest BCUT2D eigenvalue weighted by molar-refractivity contribution is 7.92. The molecule has 0 aliphatic heterocycles. The Balaban J connectivity index is 1.27. The molecule has 0 bridgehead atoms. The molecule has 3 heterocycles. The highest BCUT2D eigenvalue weighted by Crippen LogP contribution is 2.39. The van der Waals surface area contributed by atoms with Crippen molar-refractivity contribution in [2.75, 3.05) is 10.5 Å². The topological polar surface area (TPSA) is 120 Å². The number of nitrogens with zero attached hydrogens (tertiary/aromatic N) is 3. The molecule has 6 rings (SSSR count). The van der Waals surface area contributed by atoms with Gasteiger partial charge in [0, 0.05) is 23.2 Å². The van der Waals surface area contributed by atoms with Crippen LogP contribution in [0.5, 0.6) is 0 Å². The van der Waals surface area contributed by atoms with Crippen LogP contribution in [0.2, 0.25) is 0 Å². The minimum absolute atomic E-state index is 0.0294. The van der Waals surface area contributed by atoms with Crippen molar-refractivity contribution < 1.29 is 17.0 Å². The lowest BCUT2D eigenvalue weighted by molar-refractivity contribution is 0.532. The summed E-state index contributed by atoms with van der Waals surface area (Å²) in [5, 5.41) is 2.11. The number of fused-ring (bicyclic) bond motifs is 1. The fraction of sp³-hybridized carbons (Fsp3) is 0.185. The highest BCUT2D eigenvalue weighted by Gasteiger charge is 2.24. The van der Waals surface area contributed by atoms with Crippen molar-refractivity contribution in [1.82, 2.24) is 14.5 Å². The summed E-state index contributed by atoms with van der Waals surface area (Å²) in [4.78, 5) is 8.81. The third-order valence-electron chi connectivity index (χ3n) is 6.94. The number of halogens is 1. The summed E-state index contributed by atoms with van der Waals surface area (Å²) in [6.07, 6.45) is 7.80. The van der Waals surface area contributed by atoms with Gasteiger partial charge < -0.3 is 10.3 Å². The molecule has 2 aromatic carbocycles. The van der Waals surface area contributed by atoms with Crippen molar-refractivity contribution in [2.45, 2.75) is 45.7 Å². The summed E-state index contributed by atoms with van der Waals surface area (Å²) >= 11 is 1.03. The molecule has 3 N–H and O–H groups in total. The van der Waals surface area contributed by atoms with Gasteiger partial charge in [0.2, 0.25) is 9.84 Å². The summed E-state index contributed by atoms with van der Waals surface area (Å²) in [6.45, 7) is 0. The average molecular weight is 582 g/mol. The van der Waals surface area contributed by atoms with Gasteiger partial charge in [-0.1, -0.05) is 37.1 Å². The van der Waals surface area contributed by atoms with Crippen molar-refractivity contribution in [2.24, 2.45) is 0 Å². The number of sulfone groups is 1. The highest BCUT2D eigenvalue weighted by atomic mass is 32.2. The zero-order valence-electron chi connectivity index (χ0n) is 20.6. The van der Waals surface area contributed by atoms with Crippen LogP contribution < -0.4 is 10.5 Å². The molecule has 5 aromatic rings. The Kier molecular flexibility index (Phi) is 6.69. The first kappa shape index (κ1) is 25.7. The second-order valence-corrected chi connectivity index (χ2v) is 13.6. The van der Waals surface area contributed by atoms with Gasteiger partial charge in [0.15, 0.2) is 11.0 Å². The molecule has 0 saturated heterocycles. The Morgan fingerprint density at radius 3 is 2.56 bits per heavy atom. The van der Waals surface area contributed by atoms with Gasteiger partial charge in [0.1, 0.15) is 27.8 Å². The first-order chi connectivity index (χ1) is 18.8. The quantitative estimate of drug-likeness (QED) is 0.245. The van der Waals surface area contributed by atoms with E-state index in [-0.39, 0.29) is 19.7 Å². The number of rotatable bonds is 7. The van der Waals surface area contributed by atoms with E-state index in [4.69, 9.17) is 5.73 Å². The van der Waals surface area contributed by atoms with Gasteiger partial charge >= 0.3 is 0 Å². The number of nitrogens with two attached hydrogens (primary N) is 1. The van der Waals surface area contributed by atoms with E-state index in [1.807, 2.05) is 6.20 Å². The molecule has 1 aliphatic carbocycles. The van der Waals surface area contributed by atoms with Crippen LogP contribution in [0.3, 0.4) is 0 Å². The molecular formula is C27H24FN5O3S3. The van der Waals surface area contributed by atoms with Crippen LogP contribution >= 0.6 is 11.3 Å². The lowest BCUT2D eigenvalue weighted by Gasteiger charge is -2.12. The first-order valence-electron chi connectivity index (χ1n) is 12.3. The van der Waals surface area contributed by atoms with Crippen LogP contribution in [0.1, 0.15) is 31.7 Å². The summed E-state index contributed by atoms with van der Waals surface area (Å²) in [5.74, 6) is -0.277. The second kappa shape index (κ2) is 10.2. The van der Waals surface area contributed by atoms with E-state index in [1.165, 1.54) is 42.0 Å². The normalized spacial score (nSPS) is 15.1. The van der Waals surface area contributed by atoms with E-state index < -0.39 is 26.6 Å². The Labute approximate surface area is 231 Å². The number of aromatic nitrogens is 3. The molecule has 8 nitrogen and oxygen atoms in total. The van der Waals surface area contributed by atoms with Gasteiger partial charge in [-0.15, -0.1) is 11.3 Å². The number of thiophene rings is 1. The summed E-state index contributed by atoms with van der Waals surface area (Å²) < 4.78 is 59.0. The van der Waals surface area contributed by atoms with Crippen LogP contribution in [0.4, 0.5) is 15.9 Å². The fourth-order valence-electron chi connectivity index (χ4n) is 4.98. The molecular weight excluding hydrogens is 558 g/mol. The van der Waals surface area contributed by atoms with Gasteiger partial charge in [-0.25, -0.2) is 27.0 Å². The molecule has 1 atom stereocenters. The van der Waals surface area contributed by atoms with Crippen LogP contribution in [-0.2, 0) is 20.8 Å². The molecule has 3 aromatic heterocycles. The SMILES string of the molecule is Nc1ncnc2c1c(-c1ccc(NS(=O)c3cc(S(=O)(=O)c4ccccc4)cs3)c(F)c1)cn2C1CCCC1. The first-order valence-corrected chi connectivity index (χ1v) is 15.8. The lowest BCUT2D eigenvalue weighted by Crippen LogP contribution is -2.05. The lowest BCUT2D eigenvalue weighted by atomic mass is 10.1. The number of nitrogens with one attached hydrogen (secondary N) is 1. The molecule has 1 unspecified atom stereocenters. The number of hydrogen-bond donors (Lipinski definition) is 2. The third-order valence-corrected chi connectivity index (χ3v) is 11.2. The molecule has 0 spiro atoms. The van der Waals surface area contributed by atoms with Gasteiger partial charge in [-0.05, 0) is 48.7 Å². The van der Waals surface area contributed by atoms with Crippen molar-refractivity contribution in [3.8, 4) is 11.1 Å². The molecule has 0 amide bonds.